The summed E-state index contributed by atoms with van der Waals surface area (Å²) >= 11 is 0. The van der Waals surface area contributed by atoms with Crippen molar-refractivity contribution >= 4 is 5.91 Å². The Hall–Kier alpha value is -2.89. The van der Waals surface area contributed by atoms with Gasteiger partial charge in [0.2, 0.25) is 6.79 Å². The summed E-state index contributed by atoms with van der Waals surface area (Å²) in [6.45, 7) is 3.36. The fourth-order valence-corrected chi connectivity index (χ4v) is 2.59. The van der Waals surface area contributed by atoms with Gasteiger partial charge in [-0.15, -0.1) is 0 Å². The van der Waals surface area contributed by atoms with Gasteiger partial charge in [0.15, 0.2) is 23.0 Å². The molecule has 0 aromatic heterocycles. The monoisotopic (exact) mass is 357 g/mol. The fourth-order valence-electron chi connectivity index (χ4n) is 2.59. The first-order valence-corrected chi connectivity index (χ1v) is 8.69. The molecule has 0 fully saturated rings. The molecule has 3 rings (SSSR count). The van der Waals surface area contributed by atoms with Crippen LogP contribution in [0.5, 0.6) is 23.0 Å². The molecule has 1 amide bonds. The van der Waals surface area contributed by atoms with Crippen molar-refractivity contribution in [3.05, 3.63) is 47.5 Å². The smallest absolute Gasteiger partial charge is 0.251 e. The van der Waals surface area contributed by atoms with E-state index in [2.05, 4.69) is 12.2 Å². The van der Waals surface area contributed by atoms with Gasteiger partial charge in [0.25, 0.3) is 5.91 Å². The predicted octanol–water partition coefficient (Wildman–Crippen LogP) is 3.53. The summed E-state index contributed by atoms with van der Waals surface area (Å²) in [4.78, 5) is 12.4. The second kappa shape index (κ2) is 8.47. The zero-order valence-corrected chi connectivity index (χ0v) is 15.0. The van der Waals surface area contributed by atoms with Crippen LogP contribution in [0.25, 0.3) is 0 Å². The van der Waals surface area contributed by atoms with E-state index in [1.807, 2.05) is 18.2 Å². The third kappa shape index (κ3) is 4.20. The Morgan fingerprint density at radius 3 is 2.77 bits per heavy atom. The van der Waals surface area contributed by atoms with Gasteiger partial charge in [-0.1, -0.05) is 19.4 Å². The molecule has 0 bridgehead atoms. The number of carbonyl (C=O) groups is 1. The van der Waals surface area contributed by atoms with E-state index in [9.17, 15) is 4.79 Å². The summed E-state index contributed by atoms with van der Waals surface area (Å²) in [5.41, 5.74) is 1.46. The van der Waals surface area contributed by atoms with E-state index in [0.29, 0.717) is 36.0 Å². The maximum atomic E-state index is 12.4. The van der Waals surface area contributed by atoms with Gasteiger partial charge in [0, 0.05) is 12.1 Å². The molecule has 1 N–H and O–H groups in total. The van der Waals surface area contributed by atoms with Crippen LogP contribution in [-0.4, -0.2) is 26.4 Å². The van der Waals surface area contributed by atoms with Gasteiger partial charge in [0.05, 0.1) is 13.7 Å². The summed E-state index contributed by atoms with van der Waals surface area (Å²) in [6.07, 6.45) is 2.03. The first-order valence-electron chi connectivity index (χ1n) is 8.69. The topological polar surface area (TPSA) is 66.0 Å². The van der Waals surface area contributed by atoms with Crippen LogP contribution in [0.1, 0.15) is 35.7 Å². The molecule has 6 heteroatoms. The Morgan fingerprint density at radius 1 is 1.12 bits per heavy atom. The van der Waals surface area contributed by atoms with Gasteiger partial charge in [-0.05, 0) is 42.3 Å². The number of benzene rings is 2. The van der Waals surface area contributed by atoms with Gasteiger partial charge in [-0.3, -0.25) is 4.79 Å². The molecule has 0 saturated heterocycles. The van der Waals surface area contributed by atoms with Crippen LogP contribution in [0.3, 0.4) is 0 Å². The lowest BCUT2D eigenvalue weighted by molar-refractivity contribution is 0.0950. The Labute approximate surface area is 153 Å². The predicted molar refractivity (Wildman–Crippen MR) is 97.1 cm³/mol. The van der Waals surface area contributed by atoms with Crippen molar-refractivity contribution < 1.29 is 23.7 Å². The average molecular weight is 357 g/mol. The van der Waals surface area contributed by atoms with Crippen molar-refractivity contribution in [1.82, 2.24) is 5.32 Å². The number of methoxy groups -OCH3 is 1. The number of ether oxygens (including phenoxy) is 4. The molecule has 0 spiro atoms. The summed E-state index contributed by atoms with van der Waals surface area (Å²) in [5, 5.41) is 2.90. The second-order valence-corrected chi connectivity index (χ2v) is 5.94. The quantitative estimate of drug-likeness (QED) is 0.732. The van der Waals surface area contributed by atoms with Crippen LogP contribution in [0.4, 0.5) is 0 Å². The highest BCUT2D eigenvalue weighted by molar-refractivity contribution is 5.94. The minimum Gasteiger partial charge on any atom is -0.493 e. The Balaban J connectivity index is 1.62. The number of nitrogens with one attached hydrogen (secondary N) is 1. The maximum absolute atomic E-state index is 12.4. The molecule has 0 radical (unpaired) electrons. The normalized spacial score (nSPS) is 11.9. The Morgan fingerprint density at radius 2 is 1.96 bits per heavy atom. The lowest BCUT2D eigenvalue weighted by Gasteiger charge is -2.12. The maximum Gasteiger partial charge on any atom is 0.251 e. The molecule has 0 unspecified atom stereocenters. The second-order valence-electron chi connectivity index (χ2n) is 5.94. The summed E-state index contributed by atoms with van der Waals surface area (Å²) in [7, 11) is 1.57. The third-order valence-electron chi connectivity index (χ3n) is 4.07. The molecular formula is C20H23NO5. The van der Waals surface area contributed by atoms with E-state index in [-0.39, 0.29) is 12.7 Å². The van der Waals surface area contributed by atoms with Crippen molar-refractivity contribution in [3.8, 4) is 23.0 Å². The van der Waals surface area contributed by atoms with Gasteiger partial charge in [-0.25, -0.2) is 0 Å². The average Bonchev–Trinajstić information content (AvgIpc) is 3.14. The first kappa shape index (κ1) is 17.9. The van der Waals surface area contributed by atoms with Crippen molar-refractivity contribution in [3.63, 3.8) is 0 Å². The lowest BCUT2D eigenvalue weighted by atomic mass is 10.1. The molecule has 0 saturated carbocycles. The van der Waals surface area contributed by atoms with Crippen LogP contribution in [0, 0.1) is 0 Å². The SMILES string of the molecule is CCCCOc1ccc(C(=O)NCc2ccc3c(c2)OCO3)cc1OC. The number of carbonyl (C=O) groups excluding carboxylic acids is 1. The number of unbranched alkanes of at least 4 members (excludes halogenated alkanes) is 1. The van der Waals surface area contributed by atoms with Crippen LogP contribution in [-0.2, 0) is 6.54 Å². The van der Waals surface area contributed by atoms with Crippen molar-refractivity contribution in [2.24, 2.45) is 0 Å². The van der Waals surface area contributed by atoms with Crippen molar-refractivity contribution in [2.45, 2.75) is 26.3 Å². The highest BCUT2D eigenvalue weighted by Gasteiger charge is 2.14. The van der Waals surface area contributed by atoms with Crippen molar-refractivity contribution in [2.75, 3.05) is 20.5 Å². The molecule has 26 heavy (non-hydrogen) atoms. The molecule has 1 aliphatic heterocycles. The molecular weight excluding hydrogens is 334 g/mol. The molecule has 0 atom stereocenters. The minimum absolute atomic E-state index is 0.180. The van der Waals surface area contributed by atoms with E-state index < -0.39 is 0 Å². The minimum atomic E-state index is -0.180. The molecule has 2 aromatic carbocycles. The molecule has 1 heterocycles. The first-order chi connectivity index (χ1) is 12.7. The number of amides is 1. The Bertz CT molecular complexity index is 775. The summed E-state index contributed by atoms with van der Waals surface area (Å²) in [5.74, 6) is 2.45. The largest absolute Gasteiger partial charge is 0.493 e. The van der Waals surface area contributed by atoms with Crippen LogP contribution in [0.15, 0.2) is 36.4 Å². The number of rotatable bonds is 8. The number of fused-ring (bicyclic) bond motifs is 1. The molecule has 6 nitrogen and oxygen atoms in total. The van der Waals surface area contributed by atoms with E-state index in [4.69, 9.17) is 18.9 Å². The molecule has 138 valence electrons. The van der Waals surface area contributed by atoms with E-state index >= 15 is 0 Å². The van der Waals surface area contributed by atoms with Gasteiger partial charge < -0.3 is 24.3 Å². The summed E-state index contributed by atoms with van der Waals surface area (Å²) < 4.78 is 21.7. The van der Waals surface area contributed by atoms with Crippen LogP contribution >= 0.6 is 0 Å². The molecule has 2 aromatic rings. The standard InChI is InChI=1S/C20H23NO5/c1-3-4-9-24-16-8-6-15(11-18(16)23-2)20(22)21-12-14-5-7-17-19(10-14)26-13-25-17/h5-8,10-11H,3-4,9,12-13H2,1-2H3,(H,21,22). The molecule has 1 aliphatic rings. The summed E-state index contributed by atoms with van der Waals surface area (Å²) in [6, 6.07) is 10.8. The van der Waals surface area contributed by atoms with Gasteiger partial charge in [-0.2, -0.15) is 0 Å². The van der Waals surface area contributed by atoms with Crippen molar-refractivity contribution in [1.29, 1.82) is 0 Å². The van der Waals surface area contributed by atoms with Crippen LogP contribution < -0.4 is 24.3 Å². The third-order valence-corrected chi connectivity index (χ3v) is 4.07. The highest BCUT2D eigenvalue weighted by Crippen LogP contribution is 2.32. The fraction of sp³-hybridized carbons (Fsp3) is 0.350. The highest BCUT2D eigenvalue weighted by atomic mass is 16.7. The van der Waals surface area contributed by atoms with Gasteiger partial charge in [0.1, 0.15) is 0 Å². The number of hydrogen-bond donors (Lipinski definition) is 1. The van der Waals surface area contributed by atoms with Gasteiger partial charge >= 0.3 is 0 Å². The molecule has 0 aliphatic carbocycles. The van der Waals surface area contributed by atoms with E-state index in [0.717, 1.165) is 24.2 Å². The zero-order valence-electron chi connectivity index (χ0n) is 15.0. The zero-order chi connectivity index (χ0) is 18.4. The lowest BCUT2D eigenvalue weighted by Crippen LogP contribution is -2.22. The van der Waals surface area contributed by atoms with E-state index in [1.165, 1.54) is 0 Å². The van der Waals surface area contributed by atoms with E-state index in [1.54, 1.807) is 25.3 Å². The number of hydrogen-bond acceptors (Lipinski definition) is 5. The van der Waals surface area contributed by atoms with Crippen LogP contribution in [0.2, 0.25) is 0 Å². The Kier molecular flexibility index (Phi) is 5.84.